The number of aliphatic hydroxyl groups is 5. The number of aliphatic hydroxyl groups excluding tert-OH is 5. The van der Waals surface area contributed by atoms with E-state index in [0.29, 0.717) is 6.42 Å². The Morgan fingerprint density at radius 1 is 0.471 bits per heavy atom. The zero-order chi connectivity index (χ0) is 50.8. The molecule has 1 rings (SSSR count). The van der Waals surface area contributed by atoms with Gasteiger partial charge in [0.2, 0.25) is 5.91 Å². The Bertz CT molecular complexity index is 1150. The van der Waals surface area contributed by atoms with Gasteiger partial charge in [0.1, 0.15) is 24.4 Å². The molecule has 1 heterocycles. The first-order valence-corrected chi connectivity index (χ1v) is 30.6. The molecule has 9 nitrogen and oxygen atoms in total. The molecule has 1 aliphatic heterocycles. The summed E-state index contributed by atoms with van der Waals surface area (Å²) >= 11 is 0. The molecule has 0 aromatic rings. The van der Waals surface area contributed by atoms with Crippen LogP contribution in [0.1, 0.15) is 303 Å². The molecule has 414 valence electrons. The van der Waals surface area contributed by atoms with Crippen LogP contribution in [0.5, 0.6) is 0 Å². The molecular weight excluding hydrogens is 875 g/mol. The molecule has 0 bridgehead atoms. The van der Waals surface area contributed by atoms with Gasteiger partial charge in [0.15, 0.2) is 6.29 Å². The van der Waals surface area contributed by atoms with E-state index < -0.39 is 49.5 Å². The van der Waals surface area contributed by atoms with Crippen LogP contribution in [0.2, 0.25) is 0 Å². The Hall–Kier alpha value is -1.33. The number of amides is 1. The third-order valence-electron chi connectivity index (χ3n) is 14.8. The van der Waals surface area contributed by atoms with E-state index in [0.717, 1.165) is 44.9 Å². The van der Waals surface area contributed by atoms with Crippen molar-refractivity contribution in [1.29, 1.82) is 0 Å². The summed E-state index contributed by atoms with van der Waals surface area (Å²) in [6.45, 7) is 3.67. The minimum absolute atomic E-state index is 0.186. The van der Waals surface area contributed by atoms with Crippen LogP contribution >= 0.6 is 0 Å². The largest absolute Gasteiger partial charge is 0.394 e. The van der Waals surface area contributed by atoms with E-state index in [1.807, 2.05) is 6.08 Å². The van der Waals surface area contributed by atoms with Gasteiger partial charge in [-0.15, -0.1) is 0 Å². The Morgan fingerprint density at radius 3 is 1.17 bits per heavy atom. The predicted molar refractivity (Wildman–Crippen MR) is 295 cm³/mol. The molecule has 1 saturated heterocycles. The van der Waals surface area contributed by atoms with E-state index in [1.165, 1.54) is 238 Å². The normalized spacial score (nSPS) is 19.4. The number of ether oxygens (including phenoxy) is 2. The number of hydrogen-bond donors (Lipinski definition) is 6. The summed E-state index contributed by atoms with van der Waals surface area (Å²) in [5.74, 6) is -0.186. The predicted octanol–water partition coefficient (Wildman–Crippen LogP) is 15.4. The second-order valence-electron chi connectivity index (χ2n) is 21.5. The standard InChI is InChI=1S/C61H117NO8/c1-3-5-7-9-11-12-13-14-15-16-17-18-19-20-21-22-23-24-25-26-27-28-29-30-31-32-33-34-35-36-37-38-39-40-41-42-43-45-47-49-51-57(65)62-54(55(64)50-48-46-44-10-8-6-4-2)53-69-61-60(68)59(67)58(66)56(52-63)70-61/h8,10,48,50,54-56,58-61,63-64,66-68H,3-7,9,11-47,49,51-53H2,1-2H3,(H,62,65)/b10-8+,50-48+. The number of allylic oxidation sites excluding steroid dienone is 3. The molecule has 1 fully saturated rings. The fraction of sp³-hybridized carbons (Fsp3) is 0.918. The maximum atomic E-state index is 12.9. The second kappa shape index (κ2) is 51.2. The molecule has 6 N–H and O–H groups in total. The highest BCUT2D eigenvalue weighted by Crippen LogP contribution is 2.23. The SMILES string of the molecule is CCC/C=C/CC/C=C/C(O)C(COC1OC(CO)C(O)C(O)C1O)NC(=O)CCCCCCCCCCCCCCCCCCCCCCCCCCCCCCCCCCCCCCCCCC. The number of carbonyl (C=O) groups is 1. The van der Waals surface area contributed by atoms with Crippen molar-refractivity contribution in [3.63, 3.8) is 0 Å². The number of hydrogen-bond acceptors (Lipinski definition) is 8. The molecule has 0 saturated carbocycles. The van der Waals surface area contributed by atoms with Crippen molar-refractivity contribution in [2.45, 2.75) is 346 Å². The third kappa shape index (κ3) is 40.1. The smallest absolute Gasteiger partial charge is 0.220 e. The van der Waals surface area contributed by atoms with Gasteiger partial charge in [-0.25, -0.2) is 0 Å². The van der Waals surface area contributed by atoms with Crippen LogP contribution in [-0.2, 0) is 14.3 Å². The molecule has 0 aromatic carbocycles. The maximum Gasteiger partial charge on any atom is 0.220 e. The highest BCUT2D eigenvalue weighted by molar-refractivity contribution is 5.76. The van der Waals surface area contributed by atoms with Gasteiger partial charge < -0.3 is 40.3 Å². The molecule has 1 amide bonds. The van der Waals surface area contributed by atoms with Crippen molar-refractivity contribution in [2.75, 3.05) is 13.2 Å². The third-order valence-corrected chi connectivity index (χ3v) is 14.8. The van der Waals surface area contributed by atoms with Gasteiger partial charge >= 0.3 is 0 Å². The van der Waals surface area contributed by atoms with Crippen molar-refractivity contribution < 1.29 is 39.8 Å². The van der Waals surface area contributed by atoms with Crippen LogP contribution in [0.15, 0.2) is 24.3 Å². The molecule has 7 atom stereocenters. The number of unbranched alkanes of at least 4 members (excludes halogenated alkanes) is 41. The zero-order valence-corrected chi connectivity index (χ0v) is 46.0. The van der Waals surface area contributed by atoms with Gasteiger partial charge in [-0.05, 0) is 25.7 Å². The van der Waals surface area contributed by atoms with Crippen molar-refractivity contribution in [3.8, 4) is 0 Å². The van der Waals surface area contributed by atoms with E-state index in [4.69, 9.17) is 9.47 Å². The molecular formula is C61H117NO8. The van der Waals surface area contributed by atoms with Crippen molar-refractivity contribution in [1.82, 2.24) is 5.32 Å². The monoisotopic (exact) mass is 992 g/mol. The van der Waals surface area contributed by atoms with E-state index in [1.54, 1.807) is 6.08 Å². The molecule has 0 radical (unpaired) electrons. The quantitative estimate of drug-likeness (QED) is 0.0261. The van der Waals surface area contributed by atoms with Crippen LogP contribution < -0.4 is 5.32 Å². The Morgan fingerprint density at radius 2 is 0.814 bits per heavy atom. The van der Waals surface area contributed by atoms with E-state index in [-0.39, 0.29) is 12.5 Å². The van der Waals surface area contributed by atoms with E-state index in [9.17, 15) is 30.3 Å². The minimum atomic E-state index is -1.57. The van der Waals surface area contributed by atoms with Crippen LogP contribution in [0.25, 0.3) is 0 Å². The number of nitrogens with one attached hydrogen (secondary N) is 1. The summed E-state index contributed by atoms with van der Waals surface area (Å²) < 4.78 is 11.2. The van der Waals surface area contributed by atoms with E-state index >= 15 is 0 Å². The summed E-state index contributed by atoms with van der Waals surface area (Å²) in [4.78, 5) is 12.9. The summed E-state index contributed by atoms with van der Waals surface area (Å²) in [5.41, 5.74) is 0. The van der Waals surface area contributed by atoms with Crippen LogP contribution in [-0.4, -0.2) is 87.5 Å². The molecule has 0 aromatic heterocycles. The zero-order valence-electron chi connectivity index (χ0n) is 46.0. The van der Waals surface area contributed by atoms with Crippen molar-refractivity contribution >= 4 is 5.91 Å². The van der Waals surface area contributed by atoms with Crippen LogP contribution in [0, 0.1) is 0 Å². The van der Waals surface area contributed by atoms with Crippen LogP contribution in [0.3, 0.4) is 0 Å². The van der Waals surface area contributed by atoms with Gasteiger partial charge in [-0.3, -0.25) is 4.79 Å². The average Bonchev–Trinajstić information content (AvgIpc) is 3.36. The Kier molecular flexibility index (Phi) is 48.7. The Balaban J connectivity index is 1.93. The van der Waals surface area contributed by atoms with Gasteiger partial charge in [-0.1, -0.05) is 295 Å². The lowest BCUT2D eigenvalue weighted by molar-refractivity contribution is -0.302. The lowest BCUT2D eigenvalue weighted by Crippen LogP contribution is -2.60. The number of carbonyl (C=O) groups excluding carboxylic acids is 1. The van der Waals surface area contributed by atoms with Crippen molar-refractivity contribution in [2.24, 2.45) is 0 Å². The lowest BCUT2D eigenvalue weighted by atomic mass is 9.99. The second-order valence-corrected chi connectivity index (χ2v) is 21.5. The summed E-state index contributed by atoms with van der Waals surface area (Å²) in [6, 6.07) is -0.815. The van der Waals surface area contributed by atoms with Gasteiger partial charge in [0.05, 0.1) is 25.4 Å². The highest BCUT2D eigenvalue weighted by atomic mass is 16.7. The summed E-state index contributed by atoms with van der Waals surface area (Å²) in [7, 11) is 0. The molecule has 70 heavy (non-hydrogen) atoms. The number of rotatable bonds is 53. The topological polar surface area (TPSA) is 149 Å². The first-order valence-electron chi connectivity index (χ1n) is 30.6. The molecule has 0 aliphatic carbocycles. The lowest BCUT2D eigenvalue weighted by Gasteiger charge is -2.40. The summed E-state index contributed by atoms with van der Waals surface area (Å²) in [6.07, 6.45) is 59.2. The molecule has 1 aliphatic rings. The fourth-order valence-electron chi connectivity index (χ4n) is 9.95. The van der Waals surface area contributed by atoms with Crippen LogP contribution in [0.4, 0.5) is 0 Å². The van der Waals surface area contributed by atoms with Gasteiger partial charge in [-0.2, -0.15) is 0 Å². The molecule has 7 unspecified atom stereocenters. The average molecular weight is 993 g/mol. The maximum absolute atomic E-state index is 12.9. The van der Waals surface area contributed by atoms with Gasteiger partial charge in [0, 0.05) is 6.42 Å². The van der Waals surface area contributed by atoms with Crippen molar-refractivity contribution in [3.05, 3.63) is 24.3 Å². The molecule has 9 heteroatoms. The highest BCUT2D eigenvalue weighted by Gasteiger charge is 2.44. The first kappa shape index (κ1) is 66.7. The fourth-order valence-corrected chi connectivity index (χ4v) is 9.95. The van der Waals surface area contributed by atoms with Gasteiger partial charge in [0.25, 0.3) is 0 Å². The van der Waals surface area contributed by atoms with E-state index in [2.05, 4.69) is 31.3 Å². The summed E-state index contributed by atoms with van der Waals surface area (Å²) in [5, 5.41) is 54.0. The first-order chi connectivity index (χ1) is 34.3. The minimum Gasteiger partial charge on any atom is -0.394 e. The molecule has 0 spiro atoms. The Labute approximate surface area is 432 Å².